The van der Waals surface area contributed by atoms with Crippen molar-refractivity contribution >= 4 is 261 Å². The first-order valence-electron chi connectivity index (χ1n) is 14.3. The molecular weight excluding hydrogens is 1240 g/mol. The Hall–Kier alpha value is 8.60. The average molecular weight is 1310 g/mol. The van der Waals surface area contributed by atoms with Gasteiger partial charge in [0.15, 0.2) is 2.74 Å². The fraction of sp³-hybridized carbons (Fsp3) is 1.00. The molecule has 52 heavy (non-hydrogen) atoms. The Kier molecular flexibility index (Phi) is 92.0. The minimum absolute atomic E-state index is 0. The van der Waals surface area contributed by atoms with E-state index in [9.17, 15) is 0 Å². The fourth-order valence-corrected chi connectivity index (χ4v) is 33.3. The molecule has 0 nitrogen and oxygen atoms in total. The molecule has 4 heterocycles. The second-order valence-corrected chi connectivity index (χ2v) is 56.3. The van der Waals surface area contributed by atoms with E-state index in [0.717, 1.165) is 9.16 Å². The van der Waals surface area contributed by atoms with Crippen LogP contribution in [-0.4, -0.2) is 141 Å². The molecule has 1 spiro atoms. The Morgan fingerprint density at radius 1 is 0.538 bits per heavy atom. The summed E-state index contributed by atoms with van der Waals surface area (Å²) >= 11 is 33.1. The number of thioether (sulfide) groups is 16. The van der Waals surface area contributed by atoms with Gasteiger partial charge < -0.3 is 0 Å². The SMILES string of the molecule is C.C.C.C.C.C1SC2(S1)SCS2.C1SCSCSCS1.C1[S][Sn][S]1.CCSCSC(SCSCC)SCSCC.CSCSC(C)C.C[S][Sn][S]C. The molecule has 4 rings (SSSR count). The quantitative estimate of drug-likeness (QED) is 0.0770. The Balaban J connectivity index is -0.0000000970. The van der Waals surface area contributed by atoms with Crippen molar-refractivity contribution in [3.8, 4) is 0 Å². The van der Waals surface area contributed by atoms with E-state index in [1.165, 1.54) is 73.2 Å². The van der Waals surface area contributed by atoms with Gasteiger partial charge in [-0.1, -0.05) is 71.8 Å². The van der Waals surface area contributed by atoms with Crippen molar-refractivity contribution in [1.29, 1.82) is 0 Å². The molecule has 0 aliphatic carbocycles. The molecule has 0 saturated carbocycles. The molecule has 0 aromatic carbocycles. The van der Waals surface area contributed by atoms with Crippen molar-refractivity contribution in [2.24, 2.45) is 0 Å². The van der Waals surface area contributed by atoms with Crippen LogP contribution >= 0.6 is 224 Å². The molecule has 0 bridgehead atoms. The van der Waals surface area contributed by atoms with Crippen LogP contribution in [0.25, 0.3) is 0 Å². The molecule has 4 radical (unpaired) electrons. The molecule has 0 unspecified atom stereocenters. The van der Waals surface area contributed by atoms with Crippen molar-refractivity contribution in [2.75, 3.05) is 92.0 Å². The van der Waals surface area contributed by atoms with Crippen LogP contribution in [0.5, 0.6) is 0 Å². The first kappa shape index (κ1) is 74.9. The Morgan fingerprint density at radius 3 is 1.00 bits per heavy atom. The molecule has 0 aromatic heterocycles. The van der Waals surface area contributed by atoms with E-state index in [-0.39, 0.29) is 73.9 Å². The Labute approximate surface area is 428 Å². The van der Waals surface area contributed by atoms with Gasteiger partial charge in [-0.05, 0) is 28.8 Å². The van der Waals surface area contributed by atoms with Crippen molar-refractivity contribution < 1.29 is 0 Å². The third kappa shape index (κ3) is 58.6. The van der Waals surface area contributed by atoms with E-state index >= 15 is 0 Å². The van der Waals surface area contributed by atoms with Crippen LogP contribution in [0, 0.1) is 0 Å². The van der Waals surface area contributed by atoms with Crippen LogP contribution in [-0.2, 0) is 0 Å². The third-order valence-corrected chi connectivity index (χ3v) is 51.0. The first-order chi connectivity index (χ1) is 22.9. The van der Waals surface area contributed by atoms with Gasteiger partial charge in [0.1, 0.15) is 0 Å². The van der Waals surface area contributed by atoms with Crippen molar-refractivity contribution in [3.05, 3.63) is 0 Å². The van der Waals surface area contributed by atoms with Crippen LogP contribution in [0.15, 0.2) is 0 Å². The van der Waals surface area contributed by atoms with E-state index in [1.807, 2.05) is 124 Å². The van der Waals surface area contributed by atoms with E-state index < -0.39 is 0 Å². The molecule has 4 fully saturated rings. The Bertz CT molecular complexity index is 512. The predicted molar refractivity (Wildman–Crippen MR) is 322 cm³/mol. The van der Waals surface area contributed by atoms with Crippen LogP contribution < -0.4 is 0 Å². The molecular formula is C30H74S20Sn2. The van der Waals surface area contributed by atoms with Crippen LogP contribution in [0.4, 0.5) is 0 Å². The fourth-order valence-electron chi connectivity index (χ4n) is 1.90. The number of rotatable bonds is 17. The predicted octanol–water partition coefficient (Wildman–Crippen LogP) is 18.7. The van der Waals surface area contributed by atoms with Gasteiger partial charge in [0.25, 0.3) is 0 Å². The molecule has 4 aliphatic rings. The number of hydrogen-bond donors (Lipinski definition) is 0. The van der Waals surface area contributed by atoms with Gasteiger partial charge in [-0.3, -0.25) is 0 Å². The molecule has 0 aromatic rings. The van der Waals surface area contributed by atoms with Gasteiger partial charge in [-0.2, -0.15) is 47.0 Å². The summed E-state index contributed by atoms with van der Waals surface area (Å²) < 4.78 is 1.34. The molecule has 0 amide bonds. The first-order valence-corrected chi connectivity index (χ1v) is 50.3. The summed E-state index contributed by atoms with van der Waals surface area (Å²) in [6.07, 6.45) is 6.50. The summed E-state index contributed by atoms with van der Waals surface area (Å²) in [5.74, 6) is 3.72. The summed E-state index contributed by atoms with van der Waals surface area (Å²) in [6, 6.07) is 0. The average Bonchev–Trinajstić information content (AvgIpc) is 2.95. The normalized spacial score (nSPS) is 15.8. The zero-order valence-electron chi connectivity index (χ0n) is 28.7. The monoisotopic (exact) mass is 1310 g/mol. The van der Waals surface area contributed by atoms with E-state index in [4.69, 9.17) is 0 Å². The van der Waals surface area contributed by atoms with Gasteiger partial charge in [-0.15, -0.1) is 141 Å². The van der Waals surface area contributed by atoms with Crippen molar-refractivity contribution in [1.82, 2.24) is 0 Å². The standard InChI is InChI=1S/C10H22S6.C5H12S2.C4H8S4.C3H4S4.CH4S2.2CH4S.5CH4.2Sn/c1-4-11-7-14-10(15-8-12-5-2)16-9-13-6-3;1-5(2)7-4-6-3;1-5-2-7-4-8-3-6-1;1-4-3(5-1)6-2-7-3;2-1-3;2*1-2;;;;;;;/h10H,4-9H2,1-3H3;5H,4H2,1-3H3;1-4H2;1-2H2;2-3H,1H2;2*2H,1H3;5*1H4;;/q;;;;;;;;;;;;2*+2/p-4. The minimum atomic E-state index is 0. The third-order valence-electron chi connectivity index (χ3n) is 4.01. The second kappa shape index (κ2) is 63.9. The van der Waals surface area contributed by atoms with Gasteiger partial charge >= 0.3 is 90.1 Å². The molecule has 4 saturated heterocycles. The molecule has 322 valence electrons. The molecule has 0 atom stereocenters. The number of hydrogen-bond acceptors (Lipinski definition) is 20. The summed E-state index contributed by atoms with van der Waals surface area (Å²) in [4.78, 5) is 0. The van der Waals surface area contributed by atoms with Crippen LogP contribution in [0.2, 0.25) is 0 Å². The van der Waals surface area contributed by atoms with Gasteiger partial charge in [0.05, 0.1) is 3.91 Å². The zero-order valence-corrected chi connectivity index (χ0v) is 50.8. The van der Waals surface area contributed by atoms with Crippen molar-refractivity contribution in [3.63, 3.8) is 0 Å². The van der Waals surface area contributed by atoms with Gasteiger partial charge in [0.2, 0.25) is 0 Å². The summed E-state index contributed by atoms with van der Waals surface area (Å²) in [6.45, 7) is 11.2. The maximum absolute atomic E-state index is 2.24. The van der Waals surface area contributed by atoms with Crippen LogP contribution in [0.1, 0.15) is 71.8 Å². The summed E-state index contributed by atoms with van der Waals surface area (Å²) in [7, 11) is 8.41. The van der Waals surface area contributed by atoms with Gasteiger partial charge in [0, 0.05) is 50.8 Å². The van der Waals surface area contributed by atoms with Crippen LogP contribution in [0.3, 0.4) is 0 Å². The topological polar surface area (TPSA) is 0 Å². The van der Waals surface area contributed by atoms with Gasteiger partial charge in [-0.25, -0.2) is 0 Å². The van der Waals surface area contributed by atoms with Crippen molar-refractivity contribution in [2.45, 2.75) is 83.7 Å². The zero-order chi connectivity index (χ0) is 35.1. The maximum atomic E-state index is 2.24. The summed E-state index contributed by atoms with van der Waals surface area (Å²) in [5.41, 5.74) is 0. The Morgan fingerprint density at radius 2 is 0.865 bits per heavy atom. The molecule has 0 N–H and O–H groups in total. The van der Waals surface area contributed by atoms with E-state index in [1.54, 1.807) is 0 Å². The van der Waals surface area contributed by atoms with E-state index in [0.29, 0.717) is 2.74 Å². The second-order valence-electron chi connectivity index (χ2n) is 7.82. The summed E-state index contributed by atoms with van der Waals surface area (Å²) in [5, 5.41) is 15.0. The molecule has 4 aliphatic heterocycles. The molecule has 22 heteroatoms. The van der Waals surface area contributed by atoms with E-state index in [2.05, 4.69) is 154 Å².